The maximum Gasteiger partial charge on any atom is 0.326 e. The van der Waals surface area contributed by atoms with Crippen LogP contribution in [0.5, 0.6) is 0 Å². The second-order valence-electron chi connectivity index (χ2n) is 3.63. The summed E-state index contributed by atoms with van der Waals surface area (Å²) >= 11 is 0. The van der Waals surface area contributed by atoms with Crippen LogP contribution in [0.3, 0.4) is 0 Å². The van der Waals surface area contributed by atoms with Gasteiger partial charge in [0.1, 0.15) is 18.8 Å². The van der Waals surface area contributed by atoms with Crippen LogP contribution in [0.4, 0.5) is 0 Å². The van der Waals surface area contributed by atoms with E-state index in [0.29, 0.717) is 0 Å². The molecule has 1 aromatic heterocycles. The molecule has 1 fully saturated rings. The summed E-state index contributed by atoms with van der Waals surface area (Å²) in [6, 6.07) is 0.890. The number of hydrogen-bond donors (Lipinski definition) is 3. The Morgan fingerprint density at radius 2 is 1.67 bits per heavy atom. The molecule has 0 spiro atoms. The van der Waals surface area contributed by atoms with Gasteiger partial charge in [-0.2, -0.15) is 0 Å². The van der Waals surface area contributed by atoms with Crippen LogP contribution < -0.4 is 16.6 Å². The molecule has 0 aromatic carbocycles. The van der Waals surface area contributed by atoms with Gasteiger partial charge >= 0.3 is 5.69 Å². The van der Waals surface area contributed by atoms with Gasteiger partial charge < -0.3 is 9.88 Å². The molecule has 1 aromatic rings. The zero-order valence-corrected chi connectivity index (χ0v) is 8.98. The Morgan fingerprint density at radius 1 is 1.06 bits per heavy atom. The van der Waals surface area contributed by atoms with E-state index in [-0.39, 0.29) is 18.8 Å². The smallest absolute Gasteiger partial charge is 0.319 e. The molecule has 9 nitrogen and oxygen atoms in total. The Kier molecular flexibility index (Phi) is 2.80. The molecule has 3 amide bonds. The van der Waals surface area contributed by atoms with Crippen molar-refractivity contribution in [3.63, 3.8) is 0 Å². The average Bonchev–Trinajstić information content (AvgIpc) is 2.25. The molecule has 1 saturated heterocycles. The van der Waals surface area contributed by atoms with Gasteiger partial charge in [-0.3, -0.25) is 29.5 Å². The van der Waals surface area contributed by atoms with E-state index in [4.69, 9.17) is 0 Å². The molecule has 0 bridgehead atoms. The summed E-state index contributed by atoms with van der Waals surface area (Å²) in [7, 11) is 0. The third kappa shape index (κ3) is 2.34. The third-order valence-electron chi connectivity index (χ3n) is 2.23. The van der Waals surface area contributed by atoms with Crippen LogP contribution >= 0.6 is 0 Å². The van der Waals surface area contributed by atoms with Gasteiger partial charge in [0, 0.05) is 6.07 Å². The van der Waals surface area contributed by atoms with Crippen LogP contribution in [-0.4, -0.2) is 45.7 Å². The van der Waals surface area contributed by atoms with Crippen LogP contribution in [-0.2, 0) is 9.59 Å². The van der Waals surface area contributed by atoms with E-state index in [1.165, 1.54) is 0 Å². The second-order valence-corrected chi connectivity index (χ2v) is 3.63. The molecular formula is C9H8N4O5. The summed E-state index contributed by atoms with van der Waals surface area (Å²) in [6.07, 6.45) is 0. The van der Waals surface area contributed by atoms with Crippen molar-refractivity contribution in [2.75, 3.05) is 13.1 Å². The highest BCUT2D eigenvalue weighted by molar-refractivity contribution is 6.05. The average molecular weight is 252 g/mol. The summed E-state index contributed by atoms with van der Waals surface area (Å²) in [6.45, 7) is -0.612. The fourth-order valence-electron chi connectivity index (χ4n) is 1.54. The Morgan fingerprint density at radius 3 is 2.22 bits per heavy atom. The number of aromatic amines is 2. The summed E-state index contributed by atoms with van der Waals surface area (Å²) < 4.78 is 0. The van der Waals surface area contributed by atoms with Crippen LogP contribution in [0.25, 0.3) is 0 Å². The molecule has 9 heteroatoms. The van der Waals surface area contributed by atoms with Crippen molar-refractivity contribution in [2.45, 2.75) is 0 Å². The van der Waals surface area contributed by atoms with Gasteiger partial charge in [0.2, 0.25) is 11.8 Å². The van der Waals surface area contributed by atoms with Crippen molar-refractivity contribution < 1.29 is 14.4 Å². The number of rotatable bonds is 1. The number of H-pyrrole nitrogens is 2. The lowest BCUT2D eigenvalue weighted by atomic mass is 10.3. The number of carbonyl (C=O) groups excluding carboxylic acids is 3. The van der Waals surface area contributed by atoms with Gasteiger partial charge in [0.15, 0.2) is 0 Å². The van der Waals surface area contributed by atoms with Gasteiger partial charge in [-0.25, -0.2) is 4.79 Å². The Bertz CT molecular complexity index is 599. The normalized spacial score (nSPS) is 15.4. The molecule has 1 aliphatic rings. The number of imide groups is 1. The zero-order valence-electron chi connectivity index (χ0n) is 8.98. The summed E-state index contributed by atoms with van der Waals surface area (Å²) in [5.41, 5.74) is -1.85. The van der Waals surface area contributed by atoms with Gasteiger partial charge in [-0.1, -0.05) is 0 Å². The van der Waals surface area contributed by atoms with Crippen molar-refractivity contribution in [3.05, 3.63) is 32.6 Å². The topological polar surface area (TPSA) is 132 Å². The fraction of sp³-hybridized carbons (Fsp3) is 0.222. The maximum atomic E-state index is 11.9. The number of amides is 3. The number of carbonyl (C=O) groups is 3. The molecule has 18 heavy (non-hydrogen) atoms. The molecule has 3 N–H and O–H groups in total. The lowest BCUT2D eigenvalue weighted by molar-refractivity contribution is -0.135. The van der Waals surface area contributed by atoms with Crippen molar-refractivity contribution in [1.29, 1.82) is 0 Å². The van der Waals surface area contributed by atoms with Crippen molar-refractivity contribution in [2.24, 2.45) is 0 Å². The molecule has 0 radical (unpaired) electrons. The van der Waals surface area contributed by atoms with Crippen molar-refractivity contribution >= 4 is 17.7 Å². The number of aromatic nitrogens is 2. The largest absolute Gasteiger partial charge is 0.326 e. The van der Waals surface area contributed by atoms with E-state index < -0.39 is 29.0 Å². The predicted molar refractivity (Wildman–Crippen MR) is 56.7 cm³/mol. The van der Waals surface area contributed by atoms with E-state index in [2.05, 4.69) is 4.98 Å². The lowest BCUT2D eigenvalue weighted by Crippen LogP contribution is -2.53. The van der Waals surface area contributed by atoms with Crippen LogP contribution in [0.15, 0.2) is 15.7 Å². The minimum Gasteiger partial charge on any atom is -0.319 e. The molecular weight excluding hydrogens is 244 g/mol. The minimum atomic E-state index is -0.835. The van der Waals surface area contributed by atoms with Gasteiger partial charge in [-0.05, 0) is 0 Å². The monoisotopic (exact) mass is 252 g/mol. The molecule has 1 aliphatic heterocycles. The van der Waals surface area contributed by atoms with E-state index in [0.717, 1.165) is 11.0 Å². The molecule has 2 heterocycles. The van der Waals surface area contributed by atoms with Crippen molar-refractivity contribution in [1.82, 2.24) is 20.2 Å². The van der Waals surface area contributed by atoms with E-state index in [1.807, 2.05) is 10.3 Å². The summed E-state index contributed by atoms with van der Waals surface area (Å²) in [5, 5.41) is 2.03. The molecule has 0 atom stereocenters. The van der Waals surface area contributed by atoms with E-state index in [1.54, 1.807) is 0 Å². The summed E-state index contributed by atoms with van der Waals surface area (Å²) in [4.78, 5) is 61.0. The summed E-state index contributed by atoms with van der Waals surface area (Å²) in [5.74, 6) is -2.00. The molecule has 2 rings (SSSR count). The zero-order chi connectivity index (χ0) is 13.3. The lowest BCUT2D eigenvalue weighted by Gasteiger charge is -2.24. The molecule has 0 aliphatic carbocycles. The molecule has 0 saturated carbocycles. The quantitative estimate of drug-likeness (QED) is 0.463. The highest BCUT2D eigenvalue weighted by atomic mass is 16.2. The maximum absolute atomic E-state index is 11.9. The SMILES string of the molecule is O=C1CN(C(=O)c2cc(=O)[nH]c(=O)[nH]2)CC(=O)N1. The van der Waals surface area contributed by atoms with Crippen LogP contribution in [0.2, 0.25) is 0 Å². The van der Waals surface area contributed by atoms with E-state index >= 15 is 0 Å². The molecule has 0 unspecified atom stereocenters. The highest BCUT2D eigenvalue weighted by Crippen LogP contribution is 2.01. The van der Waals surface area contributed by atoms with E-state index in [9.17, 15) is 24.0 Å². The number of hydrogen-bond acceptors (Lipinski definition) is 5. The number of piperazine rings is 1. The van der Waals surface area contributed by atoms with Crippen LogP contribution in [0.1, 0.15) is 10.5 Å². The van der Waals surface area contributed by atoms with Crippen molar-refractivity contribution in [3.8, 4) is 0 Å². The van der Waals surface area contributed by atoms with Gasteiger partial charge in [-0.15, -0.1) is 0 Å². The Hall–Kier alpha value is -2.71. The Labute approximate surface area is 98.8 Å². The fourth-order valence-corrected chi connectivity index (χ4v) is 1.54. The predicted octanol–water partition coefficient (Wildman–Crippen LogP) is -2.84. The first-order valence-corrected chi connectivity index (χ1v) is 4.91. The minimum absolute atomic E-state index is 0.272. The first kappa shape index (κ1) is 11.8. The first-order valence-electron chi connectivity index (χ1n) is 4.91. The second kappa shape index (κ2) is 4.28. The molecule has 94 valence electrons. The number of nitrogens with one attached hydrogen (secondary N) is 3. The van der Waals surface area contributed by atoms with Gasteiger partial charge in [0.25, 0.3) is 11.5 Å². The number of nitrogens with zero attached hydrogens (tertiary/aromatic N) is 1. The van der Waals surface area contributed by atoms with Crippen LogP contribution in [0, 0.1) is 0 Å². The van der Waals surface area contributed by atoms with Gasteiger partial charge in [0.05, 0.1) is 0 Å². The Balaban J connectivity index is 2.31. The highest BCUT2D eigenvalue weighted by Gasteiger charge is 2.27. The standard InChI is InChI=1S/C9H8N4O5/c14-5-1-4(10-9(18)12-5)8(17)13-2-6(15)11-7(16)3-13/h1H,2-3H2,(H,11,15,16)(H2,10,12,14,18). The first-order chi connectivity index (χ1) is 8.45. The third-order valence-corrected chi connectivity index (χ3v) is 2.23.